The Bertz CT molecular complexity index is 777. The van der Waals surface area contributed by atoms with Crippen molar-refractivity contribution in [2.75, 3.05) is 31.6 Å². The molecule has 0 radical (unpaired) electrons. The molecule has 0 spiro atoms. The minimum absolute atomic E-state index is 0.0149. The van der Waals surface area contributed by atoms with Gasteiger partial charge in [0, 0.05) is 36.3 Å². The van der Waals surface area contributed by atoms with Crippen molar-refractivity contribution in [3.05, 3.63) is 71.3 Å². The van der Waals surface area contributed by atoms with E-state index in [4.69, 9.17) is 4.74 Å². The summed E-state index contributed by atoms with van der Waals surface area (Å²) >= 11 is 0. The number of anilines is 1. The first-order valence-electron chi connectivity index (χ1n) is 8.33. The Morgan fingerprint density at radius 3 is 2.46 bits per heavy atom. The summed E-state index contributed by atoms with van der Waals surface area (Å²) in [5, 5.41) is 3.03. The Morgan fingerprint density at radius 1 is 0.958 bits per heavy atom. The van der Waals surface area contributed by atoms with E-state index in [1.807, 2.05) is 42.5 Å². The zero-order valence-electron chi connectivity index (χ0n) is 13.5. The minimum atomic E-state index is -0.0149. The SMILES string of the molecule is O=C(Nc1ccccc1)C1=C(N2CCOCC2)c2ccccc2C1. The highest BCUT2D eigenvalue weighted by molar-refractivity contribution is 6.10. The third kappa shape index (κ3) is 2.81. The number of hydrogen-bond donors (Lipinski definition) is 1. The van der Waals surface area contributed by atoms with Crippen LogP contribution in [0.3, 0.4) is 0 Å². The average molecular weight is 320 g/mol. The molecule has 1 aliphatic heterocycles. The highest BCUT2D eigenvalue weighted by Crippen LogP contribution is 2.36. The van der Waals surface area contributed by atoms with Gasteiger partial charge in [-0.3, -0.25) is 4.79 Å². The molecule has 1 amide bonds. The summed E-state index contributed by atoms with van der Waals surface area (Å²) in [5.74, 6) is -0.0149. The summed E-state index contributed by atoms with van der Waals surface area (Å²) in [6, 6.07) is 17.9. The molecule has 0 atom stereocenters. The average Bonchev–Trinajstić information content (AvgIpc) is 3.03. The van der Waals surface area contributed by atoms with Crippen LogP contribution < -0.4 is 5.32 Å². The molecular formula is C20H20N2O2. The number of hydrogen-bond acceptors (Lipinski definition) is 3. The summed E-state index contributed by atoms with van der Waals surface area (Å²) in [5.41, 5.74) is 5.14. The molecule has 4 rings (SSSR count). The molecule has 1 heterocycles. The predicted molar refractivity (Wildman–Crippen MR) is 94.5 cm³/mol. The van der Waals surface area contributed by atoms with E-state index in [-0.39, 0.29) is 5.91 Å². The second-order valence-electron chi connectivity index (χ2n) is 6.08. The van der Waals surface area contributed by atoms with Crippen LogP contribution in [0.5, 0.6) is 0 Å². The third-order valence-corrected chi connectivity index (χ3v) is 4.56. The van der Waals surface area contributed by atoms with Gasteiger partial charge in [0.2, 0.25) is 0 Å². The highest BCUT2D eigenvalue weighted by Gasteiger charge is 2.30. The lowest BCUT2D eigenvalue weighted by atomic mass is 10.1. The summed E-state index contributed by atoms with van der Waals surface area (Å²) in [4.78, 5) is 15.2. The molecule has 0 saturated carbocycles. The van der Waals surface area contributed by atoms with Crippen LogP contribution in [0, 0.1) is 0 Å². The number of benzene rings is 2. The molecular weight excluding hydrogens is 300 g/mol. The highest BCUT2D eigenvalue weighted by atomic mass is 16.5. The molecule has 0 unspecified atom stereocenters. The lowest BCUT2D eigenvalue weighted by Crippen LogP contribution is -2.35. The van der Waals surface area contributed by atoms with E-state index in [9.17, 15) is 4.79 Å². The molecule has 4 nitrogen and oxygen atoms in total. The monoisotopic (exact) mass is 320 g/mol. The number of rotatable bonds is 3. The second-order valence-corrected chi connectivity index (χ2v) is 6.08. The van der Waals surface area contributed by atoms with E-state index < -0.39 is 0 Å². The lowest BCUT2D eigenvalue weighted by Gasteiger charge is -2.31. The maximum absolute atomic E-state index is 12.9. The number of morpholine rings is 1. The fraction of sp³-hybridized carbons (Fsp3) is 0.250. The predicted octanol–water partition coefficient (Wildman–Crippen LogP) is 2.92. The van der Waals surface area contributed by atoms with Gasteiger partial charge in [-0.05, 0) is 17.7 Å². The van der Waals surface area contributed by atoms with E-state index in [0.717, 1.165) is 30.0 Å². The second kappa shape index (κ2) is 6.49. The Balaban J connectivity index is 1.68. The summed E-state index contributed by atoms with van der Waals surface area (Å²) in [6.45, 7) is 3.07. The molecule has 2 aromatic carbocycles. The number of carbonyl (C=O) groups is 1. The van der Waals surface area contributed by atoms with E-state index in [1.54, 1.807) is 0 Å². The molecule has 4 heteroatoms. The van der Waals surface area contributed by atoms with E-state index in [1.165, 1.54) is 11.1 Å². The van der Waals surface area contributed by atoms with Crippen LogP contribution in [-0.4, -0.2) is 37.1 Å². The van der Waals surface area contributed by atoms with Crippen molar-refractivity contribution in [1.29, 1.82) is 0 Å². The number of amides is 1. The van der Waals surface area contributed by atoms with Gasteiger partial charge >= 0.3 is 0 Å². The van der Waals surface area contributed by atoms with Crippen molar-refractivity contribution in [2.45, 2.75) is 6.42 Å². The van der Waals surface area contributed by atoms with Crippen LogP contribution in [0.15, 0.2) is 60.2 Å². The van der Waals surface area contributed by atoms with Crippen LogP contribution in [0.4, 0.5) is 5.69 Å². The number of nitrogens with zero attached hydrogens (tertiary/aromatic N) is 1. The third-order valence-electron chi connectivity index (χ3n) is 4.56. The molecule has 1 aliphatic carbocycles. The minimum Gasteiger partial charge on any atom is -0.378 e. The van der Waals surface area contributed by atoms with Crippen LogP contribution in [0.2, 0.25) is 0 Å². The quantitative estimate of drug-likeness (QED) is 0.945. The maximum Gasteiger partial charge on any atom is 0.254 e. The van der Waals surface area contributed by atoms with E-state index >= 15 is 0 Å². The fourth-order valence-corrected chi connectivity index (χ4v) is 3.41. The topological polar surface area (TPSA) is 41.6 Å². The first-order chi connectivity index (χ1) is 11.8. The van der Waals surface area contributed by atoms with Crippen molar-refractivity contribution in [2.24, 2.45) is 0 Å². The van der Waals surface area contributed by atoms with Gasteiger partial charge in [0.1, 0.15) is 0 Å². The number of carbonyl (C=O) groups excluding carboxylic acids is 1. The number of ether oxygens (including phenoxy) is 1. The van der Waals surface area contributed by atoms with Crippen LogP contribution >= 0.6 is 0 Å². The Labute approximate surface area is 141 Å². The molecule has 0 aromatic heterocycles. The first-order valence-corrected chi connectivity index (χ1v) is 8.33. The standard InChI is InChI=1S/C20H20N2O2/c23-20(21-16-7-2-1-3-8-16)18-14-15-6-4-5-9-17(15)19(18)22-10-12-24-13-11-22/h1-9H,10-14H2,(H,21,23). The Morgan fingerprint density at radius 2 is 1.67 bits per heavy atom. The number of nitrogens with one attached hydrogen (secondary N) is 1. The zero-order valence-corrected chi connectivity index (χ0v) is 13.5. The fourth-order valence-electron chi connectivity index (χ4n) is 3.41. The first kappa shape index (κ1) is 15.0. The lowest BCUT2D eigenvalue weighted by molar-refractivity contribution is -0.112. The van der Waals surface area contributed by atoms with E-state index in [0.29, 0.717) is 19.6 Å². The van der Waals surface area contributed by atoms with Crippen molar-refractivity contribution in [3.8, 4) is 0 Å². The molecule has 2 aromatic rings. The maximum atomic E-state index is 12.9. The molecule has 24 heavy (non-hydrogen) atoms. The van der Waals surface area contributed by atoms with Crippen molar-refractivity contribution < 1.29 is 9.53 Å². The summed E-state index contributed by atoms with van der Waals surface area (Å²) in [7, 11) is 0. The largest absolute Gasteiger partial charge is 0.378 e. The molecule has 0 bridgehead atoms. The Hall–Kier alpha value is -2.59. The van der Waals surface area contributed by atoms with Crippen LogP contribution in [0.25, 0.3) is 5.70 Å². The smallest absolute Gasteiger partial charge is 0.254 e. The van der Waals surface area contributed by atoms with Crippen LogP contribution in [-0.2, 0) is 16.0 Å². The van der Waals surface area contributed by atoms with Gasteiger partial charge < -0.3 is 15.0 Å². The van der Waals surface area contributed by atoms with Gasteiger partial charge in [-0.1, -0.05) is 42.5 Å². The zero-order chi connectivity index (χ0) is 16.4. The van der Waals surface area contributed by atoms with Gasteiger partial charge in [-0.25, -0.2) is 0 Å². The van der Waals surface area contributed by atoms with Gasteiger partial charge in [-0.2, -0.15) is 0 Å². The van der Waals surface area contributed by atoms with Crippen molar-refractivity contribution in [3.63, 3.8) is 0 Å². The molecule has 122 valence electrons. The molecule has 1 saturated heterocycles. The number of para-hydroxylation sites is 1. The van der Waals surface area contributed by atoms with Gasteiger partial charge in [0.05, 0.1) is 18.9 Å². The summed E-state index contributed by atoms with van der Waals surface area (Å²) < 4.78 is 5.47. The molecule has 2 aliphatic rings. The van der Waals surface area contributed by atoms with Gasteiger partial charge in [0.25, 0.3) is 5.91 Å². The van der Waals surface area contributed by atoms with Crippen LogP contribution in [0.1, 0.15) is 11.1 Å². The Kier molecular flexibility index (Phi) is 4.05. The normalized spacial score (nSPS) is 16.9. The van der Waals surface area contributed by atoms with E-state index in [2.05, 4.69) is 22.3 Å². The summed E-state index contributed by atoms with van der Waals surface area (Å²) in [6.07, 6.45) is 0.682. The number of fused-ring (bicyclic) bond motifs is 1. The van der Waals surface area contributed by atoms with Gasteiger partial charge in [0.15, 0.2) is 0 Å². The molecule has 1 N–H and O–H groups in total. The molecule has 1 fully saturated rings. The van der Waals surface area contributed by atoms with Crippen molar-refractivity contribution in [1.82, 2.24) is 4.90 Å². The van der Waals surface area contributed by atoms with Crippen molar-refractivity contribution >= 4 is 17.3 Å². The van der Waals surface area contributed by atoms with Gasteiger partial charge in [-0.15, -0.1) is 0 Å².